The van der Waals surface area contributed by atoms with Crippen LogP contribution in [0.2, 0.25) is 0 Å². The molecular weight excluding hydrogens is 195 g/mol. The molecule has 0 aliphatic heterocycles. The van der Waals surface area contributed by atoms with E-state index in [-0.39, 0.29) is 0 Å². The molecular formula is C8H7FO5. The molecule has 76 valence electrons. The molecule has 0 fully saturated rings. The lowest BCUT2D eigenvalue weighted by Crippen LogP contribution is -2.10. The third kappa shape index (κ3) is 1.74. The topological polar surface area (TPSA) is 98.0 Å². The van der Waals surface area contributed by atoms with Gasteiger partial charge in [-0.2, -0.15) is 0 Å². The van der Waals surface area contributed by atoms with E-state index in [0.717, 1.165) is 0 Å². The van der Waals surface area contributed by atoms with Crippen LogP contribution < -0.4 is 0 Å². The number of carbonyl (C=O) groups is 1. The van der Waals surface area contributed by atoms with Crippen molar-refractivity contribution in [3.05, 3.63) is 23.5 Å². The molecule has 0 saturated heterocycles. The number of phenols is 2. The zero-order valence-electron chi connectivity index (χ0n) is 6.81. The van der Waals surface area contributed by atoms with Gasteiger partial charge in [-0.3, -0.25) is 0 Å². The molecule has 0 aromatic heterocycles. The first-order valence-corrected chi connectivity index (χ1v) is 3.55. The van der Waals surface area contributed by atoms with E-state index in [2.05, 4.69) is 0 Å². The number of rotatable bonds is 2. The normalized spacial score (nSPS) is 12.4. The van der Waals surface area contributed by atoms with E-state index in [9.17, 15) is 9.18 Å². The van der Waals surface area contributed by atoms with Crippen LogP contribution in [-0.4, -0.2) is 26.4 Å². The van der Waals surface area contributed by atoms with Gasteiger partial charge in [0.15, 0.2) is 17.7 Å². The molecule has 6 heteroatoms. The summed E-state index contributed by atoms with van der Waals surface area (Å²) in [7, 11) is 0. The van der Waals surface area contributed by atoms with Gasteiger partial charge in [0.2, 0.25) is 0 Å². The van der Waals surface area contributed by atoms with Crippen LogP contribution in [0.15, 0.2) is 12.1 Å². The van der Waals surface area contributed by atoms with Gasteiger partial charge in [0.25, 0.3) is 0 Å². The predicted molar refractivity (Wildman–Crippen MR) is 42.3 cm³/mol. The van der Waals surface area contributed by atoms with Gasteiger partial charge < -0.3 is 20.4 Å². The molecule has 14 heavy (non-hydrogen) atoms. The molecule has 1 unspecified atom stereocenters. The summed E-state index contributed by atoms with van der Waals surface area (Å²) < 4.78 is 12.6. The van der Waals surface area contributed by atoms with Gasteiger partial charge in [-0.25, -0.2) is 9.18 Å². The van der Waals surface area contributed by atoms with Gasteiger partial charge in [0.05, 0.1) is 0 Å². The van der Waals surface area contributed by atoms with Gasteiger partial charge in [-0.1, -0.05) is 0 Å². The van der Waals surface area contributed by atoms with E-state index < -0.39 is 35.0 Å². The zero-order valence-corrected chi connectivity index (χ0v) is 6.81. The molecule has 0 heterocycles. The summed E-state index contributed by atoms with van der Waals surface area (Å²) in [4.78, 5) is 10.3. The Morgan fingerprint density at radius 3 is 2.36 bits per heavy atom. The molecule has 0 aliphatic carbocycles. The molecule has 4 N–H and O–H groups in total. The smallest absolute Gasteiger partial charge is 0.337 e. The predicted octanol–water partition coefficient (Wildman–Crippen LogP) is 0.355. The highest BCUT2D eigenvalue weighted by Crippen LogP contribution is 2.30. The molecule has 0 bridgehead atoms. The third-order valence-electron chi connectivity index (χ3n) is 1.62. The average Bonchev–Trinajstić information content (AvgIpc) is 2.10. The number of benzene rings is 1. The van der Waals surface area contributed by atoms with E-state index in [1.54, 1.807) is 0 Å². The molecule has 5 nitrogen and oxygen atoms in total. The highest BCUT2D eigenvalue weighted by Gasteiger charge is 2.21. The quantitative estimate of drug-likeness (QED) is 0.519. The second kappa shape index (κ2) is 3.51. The van der Waals surface area contributed by atoms with E-state index in [1.165, 1.54) is 0 Å². The number of halogens is 1. The number of phenolic OH excluding ortho intramolecular Hbond substituents is 2. The van der Waals surface area contributed by atoms with Crippen LogP contribution in [0.1, 0.15) is 11.7 Å². The van der Waals surface area contributed by atoms with Crippen molar-refractivity contribution in [2.24, 2.45) is 0 Å². The second-order valence-corrected chi connectivity index (χ2v) is 2.60. The Morgan fingerprint density at radius 2 is 1.86 bits per heavy atom. The van der Waals surface area contributed by atoms with Gasteiger partial charge >= 0.3 is 5.97 Å². The summed E-state index contributed by atoms with van der Waals surface area (Å²) in [6.07, 6.45) is -2.00. The Labute approximate surface area is 77.7 Å². The Balaban J connectivity index is 3.22. The van der Waals surface area contributed by atoms with Crippen molar-refractivity contribution >= 4 is 5.97 Å². The fourth-order valence-corrected chi connectivity index (χ4v) is 0.920. The second-order valence-electron chi connectivity index (χ2n) is 2.60. The summed E-state index contributed by atoms with van der Waals surface area (Å²) in [5, 5.41) is 35.3. The summed E-state index contributed by atoms with van der Waals surface area (Å²) in [6, 6.07) is 1.18. The maximum atomic E-state index is 12.6. The number of hydrogen-bond donors (Lipinski definition) is 4. The van der Waals surface area contributed by atoms with Crippen molar-refractivity contribution in [3.63, 3.8) is 0 Å². The van der Waals surface area contributed by atoms with Crippen LogP contribution in [0.3, 0.4) is 0 Å². The van der Waals surface area contributed by atoms with Crippen molar-refractivity contribution in [1.82, 2.24) is 0 Å². The number of aromatic hydroxyl groups is 2. The SMILES string of the molecule is O=C(O)C(O)c1cc(O)c(F)cc1O. The summed E-state index contributed by atoms with van der Waals surface area (Å²) in [5.41, 5.74) is -0.462. The average molecular weight is 202 g/mol. The van der Waals surface area contributed by atoms with Crippen LogP contribution >= 0.6 is 0 Å². The first kappa shape index (κ1) is 10.3. The molecule has 0 amide bonds. The number of carboxylic acids is 1. The van der Waals surface area contributed by atoms with Gasteiger partial charge in [0, 0.05) is 11.6 Å². The Kier molecular flexibility index (Phi) is 2.57. The maximum absolute atomic E-state index is 12.6. The fourth-order valence-electron chi connectivity index (χ4n) is 0.920. The van der Waals surface area contributed by atoms with E-state index in [4.69, 9.17) is 20.4 Å². The summed E-state index contributed by atoms with van der Waals surface area (Å²) >= 11 is 0. The number of aliphatic carboxylic acids is 1. The van der Waals surface area contributed by atoms with Crippen molar-refractivity contribution < 1.29 is 29.6 Å². The monoisotopic (exact) mass is 202 g/mol. The van der Waals surface area contributed by atoms with Crippen LogP contribution in [0.4, 0.5) is 4.39 Å². The molecule has 1 rings (SSSR count). The number of aliphatic hydroxyl groups is 1. The first-order valence-electron chi connectivity index (χ1n) is 3.55. The Morgan fingerprint density at radius 1 is 1.29 bits per heavy atom. The highest BCUT2D eigenvalue weighted by atomic mass is 19.1. The number of hydrogen-bond acceptors (Lipinski definition) is 4. The fraction of sp³-hybridized carbons (Fsp3) is 0.125. The van der Waals surface area contributed by atoms with Crippen molar-refractivity contribution in [2.45, 2.75) is 6.10 Å². The molecule has 0 radical (unpaired) electrons. The largest absolute Gasteiger partial charge is 0.507 e. The Hall–Kier alpha value is -1.82. The van der Waals surface area contributed by atoms with Gasteiger partial charge in [-0.15, -0.1) is 0 Å². The summed E-state index contributed by atoms with van der Waals surface area (Å²) in [5.74, 6) is -4.26. The molecule has 1 aromatic rings. The minimum atomic E-state index is -2.00. The lowest BCUT2D eigenvalue weighted by atomic mass is 10.1. The number of aliphatic hydroxyl groups excluding tert-OH is 1. The van der Waals surface area contributed by atoms with Crippen molar-refractivity contribution in [3.8, 4) is 11.5 Å². The van der Waals surface area contributed by atoms with E-state index in [1.807, 2.05) is 0 Å². The maximum Gasteiger partial charge on any atom is 0.337 e. The van der Waals surface area contributed by atoms with Crippen LogP contribution in [-0.2, 0) is 4.79 Å². The van der Waals surface area contributed by atoms with Crippen LogP contribution in [0, 0.1) is 5.82 Å². The molecule has 0 aliphatic rings. The lowest BCUT2D eigenvalue weighted by Gasteiger charge is -2.08. The van der Waals surface area contributed by atoms with Gasteiger partial charge in [0.1, 0.15) is 5.75 Å². The van der Waals surface area contributed by atoms with Crippen LogP contribution in [0.5, 0.6) is 11.5 Å². The van der Waals surface area contributed by atoms with E-state index in [0.29, 0.717) is 12.1 Å². The molecule has 1 atom stereocenters. The van der Waals surface area contributed by atoms with Gasteiger partial charge in [-0.05, 0) is 6.07 Å². The third-order valence-corrected chi connectivity index (χ3v) is 1.62. The standard InChI is InChI=1S/C8H7FO5/c9-4-2-5(10)3(1-6(4)11)7(12)8(13)14/h1-2,7,10-12H,(H,13,14). The molecule has 1 aromatic carbocycles. The first-order chi connectivity index (χ1) is 6.43. The Bertz CT molecular complexity index is 376. The molecule has 0 saturated carbocycles. The zero-order chi connectivity index (χ0) is 10.9. The van der Waals surface area contributed by atoms with Crippen molar-refractivity contribution in [2.75, 3.05) is 0 Å². The minimum absolute atomic E-state index is 0.462. The minimum Gasteiger partial charge on any atom is -0.507 e. The highest BCUT2D eigenvalue weighted by molar-refractivity contribution is 5.75. The molecule has 0 spiro atoms. The lowest BCUT2D eigenvalue weighted by molar-refractivity contribution is -0.147. The summed E-state index contributed by atoms with van der Waals surface area (Å²) in [6.45, 7) is 0. The van der Waals surface area contributed by atoms with Crippen LogP contribution in [0.25, 0.3) is 0 Å². The van der Waals surface area contributed by atoms with E-state index >= 15 is 0 Å². The number of carboxylic acid groups (broad SMARTS) is 1. The van der Waals surface area contributed by atoms with Crippen molar-refractivity contribution in [1.29, 1.82) is 0 Å².